The first-order valence-corrected chi connectivity index (χ1v) is 6.98. The summed E-state index contributed by atoms with van der Waals surface area (Å²) < 4.78 is 0. The van der Waals surface area contributed by atoms with E-state index in [2.05, 4.69) is 27.7 Å². The van der Waals surface area contributed by atoms with Crippen molar-refractivity contribution < 1.29 is 9.59 Å². The summed E-state index contributed by atoms with van der Waals surface area (Å²) >= 11 is 0. The molecule has 0 aromatic heterocycles. The van der Waals surface area contributed by atoms with E-state index < -0.39 is 0 Å². The minimum atomic E-state index is -0.125. The Kier molecular flexibility index (Phi) is 3.60. The lowest BCUT2D eigenvalue weighted by Crippen LogP contribution is -2.45. The van der Waals surface area contributed by atoms with Crippen LogP contribution in [0.4, 0.5) is 0 Å². The van der Waals surface area contributed by atoms with E-state index in [-0.39, 0.29) is 17.9 Å². The molecular weight excluding hydrogens is 226 g/mol. The van der Waals surface area contributed by atoms with Crippen LogP contribution >= 0.6 is 0 Å². The van der Waals surface area contributed by atoms with Gasteiger partial charge in [-0.3, -0.25) is 14.5 Å². The first-order chi connectivity index (χ1) is 8.43. The van der Waals surface area contributed by atoms with E-state index in [1.54, 1.807) is 0 Å². The van der Waals surface area contributed by atoms with Crippen LogP contribution in [0.5, 0.6) is 0 Å². The molecule has 1 saturated carbocycles. The summed E-state index contributed by atoms with van der Waals surface area (Å²) in [6.45, 7) is 8.90. The first-order valence-electron chi connectivity index (χ1n) is 6.98. The lowest BCUT2D eigenvalue weighted by Gasteiger charge is -2.34. The van der Waals surface area contributed by atoms with Crippen LogP contribution in [0.3, 0.4) is 0 Å². The normalized spacial score (nSPS) is 32.3. The van der Waals surface area contributed by atoms with E-state index in [4.69, 9.17) is 0 Å². The molecule has 0 spiro atoms. The number of carbonyl (C=O) groups is 2. The van der Waals surface area contributed by atoms with E-state index in [1.807, 2.05) is 0 Å². The maximum absolute atomic E-state index is 11.8. The highest BCUT2D eigenvalue weighted by atomic mass is 16.2. The van der Waals surface area contributed by atoms with Gasteiger partial charge in [0.15, 0.2) is 0 Å². The van der Waals surface area contributed by atoms with Crippen LogP contribution in [0.15, 0.2) is 12.2 Å². The Labute approximate surface area is 109 Å². The van der Waals surface area contributed by atoms with Gasteiger partial charge in [0.25, 0.3) is 11.8 Å². The molecule has 2 amide bonds. The molecule has 3 heteroatoms. The monoisotopic (exact) mass is 249 g/mol. The Morgan fingerprint density at radius 2 is 1.56 bits per heavy atom. The summed E-state index contributed by atoms with van der Waals surface area (Å²) in [6, 6.07) is 0.104. The van der Waals surface area contributed by atoms with Crippen LogP contribution < -0.4 is 0 Å². The molecule has 2 rings (SSSR count). The largest absolute Gasteiger partial charge is 0.272 e. The van der Waals surface area contributed by atoms with Gasteiger partial charge in [-0.2, -0.15) is 0 Å². The topological polar surface area (TPSA) is 37.4 Å². The van der Waals surface area contributed by atoms with Crippen molar-refractivity contribution in [3.63, 3.8) is 0 Å². The van der Waals surface area contributed by atoms with Crippen molar-refractivity contribution in [3.8, 4) is 0 Å². The van der Waals surface area contributed by atoms with Crippen LogP contribution in [0.1, 0.15) is 40.5 Å². The molecule has 1 heterocycles. The molecule has 100 valence electrons. The third-order valence-corrected chi connectivity index (χ3v) is 4.54. The first kappa shape index (κ1) is 13.3. The second kappa shape index (κ2) is 4.87. The van der Waals surface area contributed by atoms with Gasteiger partial charge in [0, 0.05) is 18.2 Å². The molecule has 1 aliphatic carbocycles. The van der Waals surface area contributed by atoms with Gasteiger partial charge in [-0.25, -0.2) is 0 Å². The van der Waals surface area contributed by atoms with E-state index >= 15 is 0 Å². The van der Waals surface area contributed by atoms with Gasteiger partial charge in [-0.1, -0.05) is 27.7 Å². The van der Waals surface area contributed by atoms with Crippen molar-refractivity contribution in [3.05, 3.63) is 12.2 Å². The Bertz CT molecular complexity index is 366. The lowest BCUT2D eigenvalue weighted by atomic mass is 9.78. The SMILES string of the molecule is CC(C)C1CC[C@H](N2C(=O)C=CC2=O)[C@H]1C(C)C. The minimum absolute atomic E-state index is 0.104. The van der Waals surface area contributed by atoms with Gasteiger partial charge in [0.05, 0.1) is 0 Å². The molecule has 0 radical (unpaired) electrons. The number of rotatable bonds is 3. The second-order valence-corrected chi connectivity index (χ2v) is 6.25. The van der Waals surface area contributed by atoms with Crippen LogP contribution in [0.2, 0.25) is 0 Å². The van der Waals surface area contributed by atoms with Crippen LogP contribution in [0.25, 0.3) is 0 Å². The third-order valence-electron chi connectivity index (χ3n) is 4.54. The molecular formula is C15H23NO2. The van der Waals surface area contributed by atoms with Crippen LogP contribution in [0, 0.1) is 23.7 Å². The van der Waals surface area contributed by atoms with Crippen molar-refractivity contribution >= 4 is 11.8 Å². The molecule has 0 aromatic carbocycles. The van der Waals surface area contributed by atoms with Gasteiger partial charge < -0.3 is 0 Å². The molecule has 0 saturated heterocycles. The Morgan fingerprint density at radius 3 is 2.00 bits per heavy atom. The molecule has 1 unspecified atom stereocenters. The predicted molar refractivity (Wildman–Crippen MR) is 70.7 cm³/mol. The summed E-state index contributed by atoms with van der Waals surface area (Å²) in [7, 11) is 0. The number of hydrogen-bond acceptors (Lipinski definition) is 2. The highest BCUT2D eigenvalue weighted by molar-refractivity contribution is 6.13. The minimum Gasteiger partial charge on any atom is -0.272 e. The van der Waals surface area contributed by atoms with Gasteiger partial charge in [0.2, 0.25) is 0 Å². The quantitative estimate of drug-likeness (QED) is 0.721. The molecule has 18 heavy (non-hydrogen) atoms. The predicted octanol–water partition coefficient (Wildman–Crippen LogP) is 2.62. The van der Waals surface area contributed by atoms with Crippen molar-refractivity contribution in [1.29, 1.82) is 0 Å². The Hall–Kier alpha value is -1.12. The maximum atomic E-state index is 11.8. The fraction of sp³-hybridized carbons (Fsp3) is 0.733. The fourth-order valence-corrected chi connectivity index (χ4v) is 3.79. The zero-order valence-corrected chi connectivity index (χ0v) is 11.7. The van der Waals surface area contributed by atoms with Crippen molar-refractivity contribution in [2.75, 3.05) is 0 Å². The van der Waals surface area contributed by atoms with Crippen LogP contribution in [-0.4, -0.2) is 22.8 Å². The summed E-state index contributed by atoms with van der Waals surface area (Å²) in [5.41, 5.74) is 0. The van der Waals surface area contributed by atoms with Crippen molar-refractivity contribution in [2.24, 2.45) is 23.7 Å². The van der Waals surface area contributed by atoms with E-state index in [0.717, 1.165) is 12.8 Å². The average molecular weight is 249 g/mol. The zero-order valence-electron chi connectivity index (χ0n) is 11.7. The number of carbonyl (C=O) groups excluding carboxylic acids is 2. The summed E-state index contributed by atoms with van der Waals surface area (Å²) in [4.78, 5) is 25.2. The van der Waals surface area contributed by atoms with Crippen LogP contribution in [-0.2, 0) is 9.59 Å². The molecule has 0 aromatic rings. The average Bonchev–Trinajstić information content (AvgIpc) is 2.82. The van der Waals surface area contributed by atoms with Gasteiger partial charge in [-0.05, 0) is 36.5 Å². The second-order valence-electron chi connectivity index (χ2n) is 6.25. The molecule has 3 atom stereocenters. The maximum Gasteiger partial charge on any atom is 0.253 e. The number of hydrogen-bond donors (Lipinski definition) is 0. The van der Waals surface area contributed by atoms with Gasteiger partial charge >= 0.3 is 0 Å². The van der Waals surface area contributed by atoms with Gasteiger partial charge in [-0.15, -0.1) is 0 Å². The summed E-state index contributed by atoms with van der Waals surface area (Å²) in [5, 5.41) is 0. The molecule has 2 aliphatic rings. The lowest BCUT2D eigenvalue weighted by molar-refractivity contribution is -0.141. The number of nitrogens with zero attached hydrogens (tertiary/aromatic N) is 1. The van der Waals surface area contributed by atoms with Gasteiger partial charge in [0.1, 0.15) is 0 Å². The standard InChI is InChI=1S/C15H23NO2/c1-9(2)11-5-6-12(15(11)10(3)4)16-13(17)7-8-14(16)18/h7-12,15H,5-6H2,1-4H3/t11?,12-,15-/m0/s1. The number of amides is 2. The van der Waals surface area contributed by atoms with Crippen molar-refractivity contribution in [1.82, 2.24) is 4.90 Å². The number of imide groups is 1. The fourth-order valence-electron chi connectivity index (χ4n) is 3.79. The smallest absolute Gasteiger partial charge is 0.253 e. The molecule has 3 nitrogen and oxygen atoms in total. The highest BCUT2D eigenvalue weighted by Gasteiger charge is 2.45. The molecule has 0 N–H and O–H groups in total. The van der Waals surface area contributed by atoms with Crippen molar-refractivity contribution in [2.45, 2.75) is 46.6 Å². The van der Waals surface area contributed by atoms with E-state index in [1.165, 1.54) is 17.1 Å². The molecule has 1 fully saturated rings. The van der Waals surface area contributed by atoms with E-state index in [0.29, 0.717) is 23.7 Å². The Balaban J connectivity index is 2.23. The highest BCUT2D eigenvalue weighted by Crippen LogP contribution is 2.44. The third kappa shape index (κ3) is 2.11. The zero-order chi connectivity index (χ0) is 13.4. The molecule has 1 aliphatic heterocycles. The van der Waals surface area contributed by atoms with E-state index in [9.17, 15) is 9.59 Å². The Morgan fingerprint density at radius 1 is 1.00 bits per heavy atom. The molecule has 0 bridgehead atoms. The summed E-state index contributed by atoms with van der Waals surface area (Å²) in [5.74, 6) is 1.93. The summed E-state index contributed by atoms with van der Waals surface area (Å²) in [6.07, 6.45) is 4.90.